The molecular weight excluding hydrogens is 274 g/mol. The lowest BCUT2D eigenvalue weighted by atomic mass is 10.0. The van der Waals surface area contributed by atoms with Gasteiger partial charge in [-0.15, -0.1) is 0 Å². The van der Waals surface area contributed by atoms with Gasteiger partial charge in [-0.05, 0) is 45.2 Å². The molecule has 1 heterocycles. The molecule has 0 atom stereocenters. The van der Waals surface area contributed by atoms with Crippen LogP contribution in [0.4, 0.5) is 0 Å². The van der Waals surface area contributed by atoms with Crippen molar-refractivity contribution in [3.8, 4) is 0 Å². The van der Waals surface area contributed by atoms with E-state index in [1.165, 1.54) is 0 Å². The Hall–Kier alpha value is -0.850. The van der Waals surface area contributed by atoms with Gasteiger partial charge in [-0.2, -0.15) is 0 Å². The number of rotatable bonds is 7. The highest BCUT2D eigenvalue weighted by atomic mass is 32.2. The zero-order valence-corrected chi connectivity index (χ0v) is 13.5. The van der Waals surface area contributed by atoms with Crippen LogP contribution < -0.4 is 10.0 Å². The minimum atomic E-state index is -3.45. The van der Waals surface area contributed by atoms with Crippen molar-refractivity contribution in [2.24, 2.45) is 13.0 Å². The van der Waals surface area contributed by atoms with Gasteiger partial charge in [0, 0.05) is 31.0 Å². The van der Waals surface area contributed by atoms with Crippen molar-refractivity contribution in [1.82, 2.24) is 14.6 Å². The topological polar surface area (TPSA) is 63.1 Å². The number of nitrogens with one attached hydrogen (secondary N) is 2. The number of aromatic nitrogens is 1. The first kappa shape index (κ1) is 15.5. The number of hydrogen-bond acceptors (Lipinski definition) is 3. The third-order valence-electron chi connectivity index (χ3n) is 3.94. The molecule has 1 aromatic rings. The van der Waals surface area contributed by atoms with Crippen LogP contribution in [-0.2, 0) is 23.6 Å². The first-order chi connectivity index (χ1) is 9.26. The highest BCUT2D eigenvalue weighted by Gasteiger charge is 2.40. The van der Waals surface area contributed by atoms with Gasteiger partial charge in [0.05, 0.1) is 4.90 Å². The van der Waals surface area contributed by atoms with E-state index >= 15 is 0 Å². The van der Waals surface area contributed by atoms with Crippen LogP contribution in [0.3, 0.4) is 0 Å². The molecule has 1 aliphatic carbocycles. The predicted octanol–water partition coefficient (Wildman–Crippen LogP) is 1.60. The molecule has 1 fully saturated rings. The van der Waals surface area contributed by atoms with Crippen LogP contribution in [0.5, 0.6) is 0 Å². The molecule has 6 heteroatoms. The molecule has 0 amide bonds. The summed E-state index contributed by atoms with van der Waals surface area (Å²) in [6, 6.07) is 1.74. The summed E-state index contributed by atoms with van der Waals surface area (Å²) in [5, 5.41) is 3.21. The largest absolute Gasteiger partial charge is 0.352 e. The zero-order chi connectivity index (χ0) is 15.0. The average Bonchev–Trinajstić information content (AvgIpc) is 3.11. The van der Waals surface area contributed by atoms with E-state index in [-0.39, 0.29) is 5.54 Å². The third-order valence-corrected chi connectivity index (χ3v) is 5.58. The maximum atomic E-state index is 12.5. The lowest BCUT2D eigenvalue weighted by Crippen LogP contribution is -2.44. The fourth-order valence-electron chi connectivity index (χ4n) is 2.45. The summed E-state index contributed by atoms with van der Waals surface area (Å²) in [6.07, 6.45) is 3.89. The maximum absolute atomic E-state index is 12.5. The number of hydrogen-bond donors (Lipinski definition) is 2. The predicted molar refractivity (Wildman–Crippen MR) is 79.9 cm³/mol. The Labute approximate surface area is 121 Å². The summed E-state index contributed by atoms with van der Waals surface area (Å²) >= 11 is 0. The minimum Gasteiger partial charge on any atom is -0.352 e. The fourth-order valence-corrected chi connectivity index (χ4v) is 4.01. The van der Waals surface area contributed by atoms with Gasteiger partial charge >= 0.3 is 0 Å². The van der Waals surface area contributed by atoms with Crippen LogP contribution in [0.25, 0.3) is 0 Å². The summed E-state index contributed by atoms with van der Waals surface area (Å²) in [5.41, 5.74) is 0.604. The van der Waals surface area contributed by atoms with E-state index in [2.05, 4.69) is 10.0 Å². The Bertz CT molecular complexity index is 571. The Morgan fingerprint density at radius 2 is 2.05 bits per heavy atom. The van der Waals surface area contributed by atoms with E-state index in [1.807, 2.05) is 32.4 Å². The van der Waals surface area contributed by atoms with Crippen LogP contribution in [0.15, 0.2) is 17.2 Å². The fraction of sp³-hybridized carbons (Fsp3) is 0.714. The van der Waals surface area contributed by atoms with E-state index in [9.17, 15) is 8.42 Å². The standard InChI is InChI=1S/C14H25N3O2S/c1-5-15-9-12-8-13(10-17(12)4)20(18,19)16-14(2,3)11-6-7-11/h8,10-11,15-16H,5-7,9H2,1-4H3. The molecule has 2 rings (SSSR count). The van der Waals surface area contributed by atoms with E-state index in [0.29, 0.717) is 17.4 Å². The average molecular weight is 299 g/mol. The van der Waals surface area contributed by atoms with E-state index in [0.717, 1.165) is 25.1 Å². The summed E-state index contributed by atoms with van der Waals surface area (Å²) in [7, 11) is -1.58. The van der Waals surface area contributed by atoms with E-state index in [4.69, 9.17) is 0 Å². The van der Waals surface area contributed by atoms with Gasteiger partial charge in [0.2, 0.25) is 10.0 Å². The van der Waals surface area contributed by atoms with Crippen LogP contribution in [-0.4, -0.2) is 25.1 Å². The van der Waals surface area contributed by atoms with Gasteiger partial charge in [-0.1, -0.05) is 6.92 Å². The quantitative estimate of drug-likeness (QED) is 0.804. The molecule has 0 spiro atoms. The monoisotopic (exact) mass is 299 g/mol. The molecule has 0 radical (unpaired) electrons. The van der Waals surface area contributed by atoms with Gasteiger partial charge in [-0.25, -0.2) is 13.1 Å². The molecule has 0 saturated heterocycles. The van der Waals surface area contributed by atoms with Gasteiger partial charge < -0.3 is 9.88 Å². The highest BCUT2D eigenvalue weighted by Crippen LogP contribution is 2.39. The number of nitrogens with zero attached hydrogens (tertiary/aromatic N) is 1. The summed E-state index contributed by atoms with van der Waals surface area (Å²) in [5.74, 6) is 0.460. The highest BCUT2D eigenvalue weighted by molar-refractivity contribution is 7.89. The molecule has 2 N–H and O–H groups in total. The molecule has 1 aromatic heterocycles. The third kappa shape index (κ3) is 3.42. The maximum Gasteiger partial charge on any atom is 0.242 e. The first-order valence-electron chi connectivity index (χ1n) is 7.16. The van der Waals surface area contributed by atoms with Crippen LogP contribution in [0.1, 0.15) is 39.3 Å². The van der Waals surface area contributed by atoms with E-state index < -0.39 is 10.0 Å². The molecule has 5 nitrogen and oxygen atoms in total. The molecule has 0 aromatic carbocycles. The van der Waals surface area contributed by atoms with Crippen molar-refractivity contribution in [2.75, 3.05) is 6.54 Å². The van der Waals surface area contributed by atoms with Crippen molar-refractivity contribution in [2.45, 2.75) is 50.6 Å². The second-order valence-electron chi connectivity index (χ2n) is 6.16. The number of sulfonamides is 1. The van der Waals surface area contributed by atoms with Gasteiger partial charge in [0.25, 0.3) is 0 Å². The summed E-state index contributed by atoms with van der Waals surface area (Å²) in [4.78, 5) is 0.349. The minimum absolute atomic E-state index is 0.349. The molecule has 1 saturated carbocycles. The van der Waals surface area contributed by atoms with Crippen molar-refractivity contribution >= 4 is 10.0 Å². The molecule has 114 valence electrons. The normalized spacial score (nSPS) is 16.6. The molecule has 1 aliphatic rings. The Kier molecular flexibility index (Phi) is 4.27. The second-order valence-corrected chi connectivity index (χ2v) is 7.84. The van der Waals surface area contributed by atoms with Gasteiger partial charge in [0.1, 0.15) is 0 Å². The molecule has 0 aliphatic heterocycles. The lowest BCUT2D eigenvalue weighted by Gasteiger charge is -2.25. The van der Waals surface area contributed by atoms with Crippen molar-refractivity contribution < 1.29 is 8.42 Å². The second kappa shape index (κ2) is 5.50. The summed E-state index contributed by atoms with van der Waals surface area (Å²) in [6.45, 7) is 7.49. The molecule has 0 bridgehead atoms. The Morgan fingerprint density at radius 3 is 2.60 bits per heavy atom. The first-order valence-corrected chi connectivity index (χ1v) is 8.64. The lowest BCUT2D eigenvalue weighted by molar-refractivity contribution is 0.400. The van der Waals surface area contributed by atoms with Gasteiger partial charge in [0.15, 0.2) is 0 Å². The zero-order valence-electron chi connectivity index (χ0n) is 12.7. The van der Waals surface area contributed by atoms with Crippen molar-refractivity contribution in [1.29, 1.82) is 0 Å². The SMILES string of the molecule is CCNCc1cc(S(=O)(=O)NC(C)(C)C2CC2)cn1C. The van der Waals surface area contributed by atoms with Gasteiger partial charge in [-0.3, -0.25) is 0 Å². The van der Waals surface area contributed by atoms with Crippen molar-refractivity contribution in [3.63, 3.8) is 0 Å². The number of aryl methyl sites for hydroxylation is 1. The smallest absolute Gasteiger partial charge is 0.242 e. The van der Waals surface area contributed by atoms with Crippen LogP contribution in [0, 0.1) is 5.92 Å². The molecular formula is C14H25N3O2S. The van der Waals surface area contributed by atoms with E-state index in [1.54, 1.807) is 12.3 Å². The van der Waals surface area contributed by atoms with Crippen LogP contribution >= 0.6 is 0 Å². The molecule has 20 heavy (non-hydrogen) atoms. The van der Waals surface area contributed by atoms with Crippen molar-refractivity contribution in [3.05, 3.63) is 18.0 Å². The summed E-state index contributed by atoms with van der Waals surface area (Å²) < 4.78 is 29.7. The Morgan fingerprint density at radius 1 is 1.40 bits per heavy atom. The van der Waals surface area contributed by atoms with Crippen LogP contribution in [0.2, 0.25) is 0 Å². The Balaban J connectivity index is 2.17. The molecule has 0 unspecified atom stereocenters.